The van der Waals surface area contributed by atoms with E-state index in [9.17, 15) is 0 Å². The molecule has 2 aromatic rings. The Morgan fingerprint density at radius 2 is 2.20 bits per heavy atom. The van der Waals surface area contributed by atoms with Crippen molar-refractivity contribution in [1.82, 2.24) is 4.98 Å². The molecule has 0 bridgehead atoms. The first-order chi connectivity index (χ1) is 7.33. The second-order valence-electron chi connectivity index (χ2n) is 3.76. The Balaban J connectivity index is 2.25. The zero-order valence-electron chi connectivity index (χ0n) is 9.34. The fourth-order valence-electron chi connectivity index (χ4n) is 1.90. The molecule has 0 aliphatic heterocycles. The van der Waals surface area contributed by atoms with E-state index in [1.165, 1.54) is 39.1 Å². The number of H-pyrrole nitrogens is 1. The van der Waals surface area contributed by atoms with Crippen LogP contribution >= 0.6 is 0 Å². The van der Waals surface area contributed by atoms with Gasteiger partial charge in [-0.3, -0.25) is 0 Å². The molecule has 0 atom stereocenters. The molecule has 0 aliphatic rings. The van der Waals surface area contributed by atoms with Crippen LogP contribution in [0.15, 0.2) is 24.4 Å². The van der Waals surface area contributed by atoms with Gasteiger partial charge in [0, 0.05) is 0 Å². The summed E-state index contributed by atoms with van der Waals surface area (Å²) in [4.78, 5) is 3.39. The third-order valence-electron chi connectivity index (χ3n) is 2.73. The summed E-state index contributed by atoms with van der Waals surface area (Å²) in [5.41, 5.74) is 4.15. The average molecular weight is 266 g/mol. The molecule has 0 aliphatic carbocycles. The topological polar surface area (TPSA) is 15.8 Å². The number of benzene rings is 1. The van der Waals surface area contributed by atoms with Crippen molar-refractivity contribution in [2.45, 2.75) is 30.9 Å². The molecule has 1 nitrogen and oxygen atoms in total. The Hall–Kier alpha value is -0.721. The quantitative estimate of drug-likeness (QED) is 0.643. The van der Waals surface area contributed by atoms with Crippen molar-refractivity contribution in [2.75, 3.05) is 0 Å². The minimum atomic E-state index is 0.827. The van der Waals surface area contributed by atoms with Crippen LogP contribution in [0.2, 0.25) is 10.6 Å². The van der Waals surface area contributed by atoms with Crippen molar-refractivity contribution >= 4 is 25.9 Å². The van der Waals surface area contributed by atoms with E-state index in [0.717, 1.165) is 15.0 Å². The maximum atomic E-state index is 3.39. The van der Waals surface area contributed by atoms with Crippen LogP contribution < -0.4 is 0 Å². The predicted octanol–water partition coefficient (Wildman–Crippen LogP) is 3.58. The van der Waals surface area contributed by atoms with Gasteiger partial charge in [-0.05, 0) is 0 Å². The average Bonchev–Trinajstić information content (AvgIpc) is 2.64. The predicted molar refractivity (Wildman–Crippen MR) is 67.8 cm³/mol. The van der Waals surface area contributed by atoms with Crippen molar-refractivity contribution in [3.8, 4) is 0 Å². The third kappa shape index (κ3) is 2.27. The van der Waals surface area contributed by atoms with Crippen LogP contribution in [0, 0.1) is 6.92 Å². The molecule has 0 fully saturated rings. The van der Waals surface area contributed by atoms with Gasteiger partial charge >= 0.3 is 97.3 Å². The first-order valence-electron chi connectivity index (χ1n) is 5.46. The number of para-hydroxylation sites is 1. The molecule has 1 N–H and O–H groups in total. The Bertz CT molecular complexity index is 445. The maximum absolute atomic E-state index is 3.39. The number of rotatable bonds is 4. The summed E-state index contributed by atoms with van der Waals surface area (Å²) in [7, 11) is 0. The monoisotopic (exact) mass is 267 g/mol. The van der Waals surface area contributed by atoms with E-state index in [1.807, 2.05) is 0 Å². The number of aryl methyl sites for hydroxylation is 2. The van der Waals surface area contributed by atoms with E-state index in [2.05, 4.69) is 43.2 Å². The summed E-state index contributed by atoms with van der Waals surface area (Å²) < 4.78 is 0. The van der Waals surface area contributed by atoms with Crippen LogP contribution in [-0.2, 0) is 6.42 Å². The molecule has 1 aromatic heterocycles. The molecule has 0 amide bonds. The summed E-state index contributed by atoms with van der Waals surface area (Å²) in [5.74, 6) is 0. The summed E-state index contributed by atoms with van der Waals surface area (Å²) in [6, 6.07) is 6.55. The number of aromatic nitrogens is 1. The molecule has 2 heteroatoms. The van der Waals surface area contributed by atoms with Crippen LogP contribution in [0.5, 0.6) is 0 Å². The number of hydrogen-bond donors (Lipinski definition) is 1. The number of aromatic amines is 1. The van der Waals surface area contributed by atoms with Gasteiger partial charge in [-0.15, -0.1) is 0 Å². The molecule has 0 radical (unpaired) electrons. The second kappa shape index (κ2) is 4.87. The van der Waals surface area contributed by atoms with Gasteiger partial charge in [0.2, 0.25) is 0 Å². The van der Waals surface area contributed by atoms with Gasteiger partial charge in [-0.1, -0.05) is 0 Å². The third-order valence-corrected chi connectivity index (χ3v) is 4.62. The van der Waals surface area contributed by atoms with E-state index in [4.69, 9.17) is 0 Å². The van der Waals surface area contributed by atoms with Crippen molar-refractivity contribution in [1.29, 1.82) is 0 Å². The summed E-state index contributed by atoms with van der Waals surface area (Å²) in [6.07, 6.45) is 3.42. The molecule has 0 saturated carbocycles. The number of nitrogens with one attached hydrogen (secondary N) is 1. The van der Waals surface area contributed by atoms with Gasteiger partial charge in [0.1, 0.15) is 0 Å². The molecule has 1 heterocycles. The summed E-state index contributed by atoms with van der Waals surface area (Å²) in [5, 5.41) is 4.14. The molecule has 2 rings (SSSR count). The molecule has 0 spiro atoms. The minimum absolute atomic E-state index is 0.827. The standard InChI is InChI=1S/C13H17NSe/c1-3-15-8-7-11-9-14-13-10(2)5-4-6-12(11)13/h4-6,9,14H,3,7-8H2,1-2H3. The fourth-order valence-corrected chi connectivity index (χ4v) is 3.27. The van der Waals surface area contributed by atoms with Gasteiger partial charge in [0.15, 0.2) is 0 Å². The van der Waals surface area contributed by atoms with Gasteiger partial charge in [-0.25, -0.2) is 0 Å². The van der Waals surface area contributed by atoms with E-state index in [1.54, 1.807) is 0 Å². The van der Waals surface area contributed by atoms with Crippen molar-refractivity contribution in [3.63, 3.8) is 0 Å². The first kappa shape index (κ1) is 10.8. The molecular weight excluding hydrogens is 249 g/mol. The zero-order chi connectivity index (χ0) is 10.7. The molecule has 0 saturated heterocycles. The van der Waals surface area contributed by atoms with E-state index >= 15 is 0 Å². The van der Waals surface area contributed by atoms with Gasteiger partial charge in [-0.2, -0.15) is 0 Å². The van der Waals surface area contributed by atoms with E-state index in [0.29, 0.717) is 0 Å². The van der Waals surface area contributed by atoms with Crippen LogP contribution in [0.3, 0.4) is 0 Å². The molecule has 80 valence electrons. The Morgan fingerprint density at radius 3 is 3.00 bits per heavy atom. The van der Waals surface area contributed by atoms with Gasteiger partial charge in [0.05, 0.1) is 0 Å². The van der Waals surface area contributed by atoms with Crippen LogP contribution in [0.25, 0.3) is 10.9 Å². The zero-order valence-corrected chi connectivity index (χ0v) is 11.1. The van der Waals surface area contributed by atoms with Crippen LogP contribution in [0.4, 0.5) is 0 Å². The number of fused-ring (bicyclic) bond motifs is 1. The molecule has 1 aromatic carbocycles. The van der Waals surface area contributed by atoms with E-state index < -0.39 is 0 Å². The normalized spacial score (nSPS) is 11.1. The first-order valence-corrected chi connectivity index (χ1v) is 7.88. The van der Waals surface area contributed by atoms with Gasteiger partial charge in [0.25, 0.3) is 0 Å². The Labute approximate surface area is 97.4 Å². The van der Waals surface area contributed by atoms with E-state index in [-0.39, 0.29) is 0 Å². The molecule has 0 unspecified atom stereocenters. The Kier molecular flexibility index (Phi) is 3.50. The Morgan fingerprint density at radius 1 is 1.33 bits per heavy atom. The van der Waals surface area contributed by atoms with Crippen molar-refractivity contribution in [2.24, 2.45) is 0 Å². The summed E-state index contributed by atoms with van der Waals surface area (Å²) in [6.45, 7) is 4.44. The van der Waals surface area contributed by atoms with Crippen molar-refractivity contribution < 1.29 is 0 Å². The SMILES string of the molecule is CC[Se]CCc1c[nH]c2c(C)cccc12. The molecular formula is C13H17NSe. The van der Waals surface area contributed by atoms with Crippen molar-refractivity contribution in [3.05, 3.63) is 35.5 Å². The molecule has 15 heavy (non-hydrogen) atoms. The van der Waals surface area contributed by atoms with Crippen LogP contribution in [0.1, 0.15) is 18.1 Å². The summed E-state index contributed by atoms with van der Waals surface area (Å²) >= 11 is 0.827. The second-order valence-corrected chi connectivity index (χ2v) is 6.68. The fraction of sp³-hybridized carbons (Fsp3) is 0.385. The van der Waals surface area contributed by atoms with Crippen LogP contribution in [-0.4, -0.2) is 19.9 Å². The number of hydrogen-bond acceptors (Lipinski definition) is 0. The van der Waals surface area contributed by atoms with Gasteiger partial charge < -0.3 is 0 Å².